The minimum absolute atomic E-state index is 0.0683. The van der Waals surface area contributed by atoms with Crippen LogP contribution >= 0.6 is 34.9 Å². The Bertz CT molecular complexity index is 733. The van der Waals surface area contributed by atoms with Crippen LogP contribution in [0.2, 0.25) is 10.0 Å². The number of fused-ring (bicyclic) bond motifs is 1. The van der Waals surface area contributed by atoms with E-state index in [-0.39, 0.29) is 23.4 Å². The van der Waals surface area contributed by atoms with Crippen LogP contribution in [-0.4, -0.2) is 33.1 Å². The van der Waals surface area contributed by atoms with Crippen molar-refractivity contribution in [1.29, 1.82) is 0 Å². The van der Waals surface area contributed by atoms with E-state index in [1.54, 1.807) is 6.92 Å². The van der Waals surface area contributed by atoms with Gasteiger partial charge in [-0.25, -0.2) is 0 Å². The van der Waals surface area contributed by atoms with Gasteiger partial charge in [-0.05, 0) is 13.0 Å². The molecule has 1 aliphatic rings. The molecule has 1 unspecified atom stereocenters. The van der Waals surface area contributed by atoms with Crippen molar-refractivity contribution in [3.8, 4) is 0 Å². The summed E-state index contributed by atoms with van der Waals surface area (Å²) in [5.41, 5.74) is 1.29. The van der Waals surface area contributed by atoms with Crippen LogP contribution in [0.25, 0.3) is 11.0 Å². The minimum atomic E-state index is -0.667. The molecule has 2 heterocycles. The maximum atomic E-state index is 12.1. The van der Waals surface area contributed by atoms with Crippen molar-refractivity contribution < 1.29 is 9.59 Å². The molecule has 2 amide bonds. The zero-order chi connectivity index (χ0) is 14.4. The molecule has 2 aromatic rings. The molecule has 1 N–H and O–H groups in total. The number of nitrogens with one attached hydrogen (secondary N) is 1. The average molecular weight is 331 g/mol. The Kier molecular flexibility index (Phi) is 3.27. The van der Waals surface area contributed by atoms with E-state index in [1.807, 2.05) is 0 Å². The van der Waals surface area contributed by atoms with Crippen LogP contribution in [0.15, 0.2) is 6.07 Å². The normalized spacial score (nSPS) is 19.6. The Morgan fingerprint density at radius 2 is 2.00 bits per heavy atom. The first kappa shape index (κ1) is 13.5. The average Bonchev–Trinajstić information content (AvgIpc) is 2.87. The van der Waals surface area contributed by atoms with Gasteiger partial charge < -0.3 is 5.32 Å². The summed E-state index contributed by atoms with van der Waals surface area (Å²) in [6, 6.07) is 0.842. The van der Waals surface area contributed by atoms with Gasteiger partial charge in [-0.3, -0.25) is 14.5 Å². The van der Waals surface area contributed by atoms with Crippen molar-refractivity contribution in [3.05, 3.63) is 16.1 Å². The van der Waals surface area contributed by atoms with Crippen molar-refractivity contribution in [1.82, 2.24) is 14.1 Å². The van der Waals surface area contributed by atoms with E-state index in [2.05, 4.69) is 14.1 Å². The van der Waals surface area contributed by atoms with Crippen LogP contribution in [0.1, 0.15) is 6.92 Å². The summed E-state index contributed by atoms with van der Waals surface area (Å²) in [5, 5.41) is 3.15. The van der Waals surface area contributed by atoms with Crippen molar-refractivity contribution in [2.24, 2.45) is 0 Å². The number of hydrogen-bond acceptors (Lipinski definition) is 5. The van der Waals surface area contributed by atoms with E-state index in [0.29, 0.717) is 21.7 Å². The van der Waals surface area contributed by atoms with Crippen molar-refractivity contribution in [2.75, 3.05) is 11.4 Å². The summed E-state index contributed by atoms with van der Waals surface area (Å²) in [7, 11) is 0. The molecule has 9 heteroatoms. The number of rotatable bonds is 1. The Morgan fingerprint density at radius 3 is 2.75 bits per heavy atom. The third-order valence-electron chi connectivity index (χ3n) is 3.11. The number of carbonyl (C=O) groups is 2. The first-order chi connectivity index (χ1) is 9.50. The van der Waals surface area contributed by atoms with Gasteiger partial charge in [0.1, 0.15) is 17.1 Å². The second-order valence-electron chi connectivity index (χ2n) is 4.31. The Morgan fingerprint density at radius 1 is 1.30 bits per heavy atom. The van der Waals surface area contributed by atoms with Gasteiger partial charge in [0.05, 0.1) is 34.0 Å². The van der Waals surface area contributed by atoms with Gasteiger partial charge in [0.15, 0.2) is 0 Å². The molecule has 0 saturated carbocycles. The van der Waals surface area contributed by atoms with Gasteiger partial charge in [-0.2, -0.15) is 8.75 Å². The van der Waals surface area contributed by atoms with Crippen molar-refractivity contribution >= 4 is 63.5 Å². The largest absolute Gasteiger partial charge is 0.345 e. The summed E-state index contributed by atoms with van der Waals surface area (Å²) in [6.07, 6.45) is 0. The number of aromatic nitrogens is 2. The van der Waals surface area contributed by atoms with Crippen molar-refractivity contribution in [2.45, 2.75) is 13.0 Å². The van der Waals surface area contributed by atoms with Gasteiger partial charge in [0, 0.05) is 0 Å². The highest BCUT2D eigenvalue weighted by molar-refractivity contribution is 7.00. The lowest BCUT2D eigenvalue weighted by Crippen LogP contribution is -2.57. The van der Waals surface area contributed by atoms with Gasteiger partial charge in [0.25, 0.3) is 0 Å². The molecule has 1 aromatic heterocycles. The maximum Gasteiger partial charge on any atom is 0.247 e. The molecule has 104 valence electrons. The summed E-state index contributed by atoms with van der Waals surface area (Å²) < 4.78 is 8.23. The number of nitrogens with zero attached hydrogens (tertiary/aromatic N) is 3. The standard InChI is InChI=1S/C11H8Cl2N4O2S/c1-4-11(19)14-3-7(18)17(4)10-6(13)2-5(12)8-9(10)16-20-15-8/h2,4H,3H2,1H3,(H,14,19). The quantitative estimate of drug-likeness (QED) is 0.865. The van der Waals surface area contributed by atoms with E-state index < -0.39 is 6.04 Å². The smallest absolute Gasteiger partial charge is 0.247 e. The molecule has 0 aliphatic carbocycles. The maximum absolute atomic E-state index is 12.1. The Balaban J connectivity index is 2.25. The highest BCUT2D eigenvalue weighted by Crippen LogP contribution is 2.38. The zero-order valence-electron chi connectivity index (χ0n) is 10.2. The highest BCUT2D eigenvalue weighted by atomic mass is 35.5. The molecule has 1 aromatic carbocycles. The summed E-state index contributed by atoms with van der Waals surface area (Å²) >= 11 is 13.2. The molecule has 1 fully saturated rings. The lowest BCUT2D eigenvalue weighted by atomic mass is 10.1. The van der Waals surface area contributed by atoms with E-state index >= 15 is 0 Å². The topological polar surface area (TPSA) is 75.2 Å². The van der Waals surface area contributed by atoms with Gasteiger partial charge >= 0.3 is 0 Å². The second-order valence-corrected chi connectivity index (χ2v) is 5.65. The molecule has 20 heavy (non-hydrogen) atoms. The molecule has 1 saturated heterocycles. The first-order valence-electron chi connectivity index (χ1n) is 5.70. The second kappa shape index (κ2) is 4.83. The highest BCUT2D eigenvalue weighted by Gasteiger charge is 2.35. The predicted octanol–water partition coefficient (Wildman–Crippen LogP) is 1.85. The molecular weight excluding hydrogens is 323 g/mol. The molecule has 6 nitrogen and oxygen atoms in total. The fourth-order valence-corrected chi connectivity index (χ4v) is 3.34. The summed E-state index contributed by atoms with van der Waals surface area (Å²) in [4.78, 5) is 25.2. The number of halogens is 2. The van der Waals surface area contributed by atoms with Crippen LogP contribution in [-0.2, 0) is 9.59 Å². The summed E-state index contributed by atoms with van der Waals surface area (Å²) in [6.45, 7) is 1.56. The minimum Gasteiger partial charge on any atom is -0.345 e. The van der Waals surface area contributed by atoms with Crippen LogP contribution in [0.4, 0.5) is 5.69 Å². The Labute approximate surface area is 128 Å². The molecule has 0 radical (unpaired) electrons. The monoisotopic (exact) mass is 330 g/mol. The predicted molar refractivity (Wildman–Crippen MR) is 77.4 cm³/mol. The van der Waals surface area contributed by atoms with E-state index in [1.165, 1.54) is 11.0 Å². The zero-order valence-corrected chi connectivity index (χ0v) is 12.5. The van der Waals surface area contributed by atoms with E-state index in [9.17, 15) is 9.59 Å². The molecule has 1 aliphatic heterocycles. The van der Waals surface area contributed by atoms with E-state index in [0.717, 1.165) is 11.7 Å². The number of hydrogen-bond donors (Lipinski definition) is 1. The lowest BCUT2D eigenvalue weighted by molar-refractivity contribution is -0.130. The van der Waals surface area contributed by atoms with Crippen molar-refractivity contribution in [3.63, 3.8) is 0 Å². The number of amides is 2. The molecule has 0 bridgehead atoms. The van der Waals surface area contributed by atoms with Crippen LogP contribution in [0, 0.1) is 0 Å². The molecule has 1 atom stereocenters. The van der Waals surface area contributed by atoms with Gasteiger partial charge in [-0.1, -0.05) is 23.2 Å². The lowest BCUT2D eigenvalue weighted by Gasteiger charge is -2.33. The third-order valence-corrected chi connectivity index (χ3v) is 4.21. The fourth-order valence-electron chi connectivity index (χ4n) is 2.14. The first-order valence-corrected chi connectivity index (χ1v) is 7.19. The molecule has 3 rings (SSSR count). The molecular formula is C11H8Cl2N4O2S. The Hall–Kier alpha value is -1.44. The van der Waals surface area contributed by atoms with Gasteiger partial charge in [0.2, 0.25) is 11.8 Å². The SMILES string of the molecule is CC1C(=O)NCC(=O)N1c1c(Cl)cc(Cl)c2nsnc12. The van der Waals surface area contributed by atoms with Gasteiger partial charge in [-0.15, -0.1) is 0 Å². The van der Waals surface area contributed by atoms with Crippen LogP contribution < -0.4 is 10.2 Å². The van der Waals surface area contributed by atoms with Crippen LogP contribution in [0.3, 0.4) is 0 Å². The molecule has 0 spiro atoms. The number of benzene rings is 1. The summed E-state index contributed by atoms with van der Waals surface area (Å²) in [5.74, 6) is -0.498. The third kappa shape index (κ3) is 1.93. The van der Waals surface area contributed by atoms with Crippen LogP contribution in [0.5, 0.6) is 0 Å². The number of carbonyl (C=O) groups excluding carboxylic acids is 2. The number of piperazine rings is 1. The number of anilines is 1. The van der Waals surface area contributed by atoms with E-state index in [4.69, 9.17) is 23.2 Å². The fraction of sp³-hybridized carbons (Fsp3) is 0.273.